The second-order valence-electron chi connectivity index (χ2n) is 4.72. The van der Waals surface area contributed by atoms with Gasteiger partial charge in [-0.15, -0.1) is 0 Å². The second kappa shape index (κ2) is 6.53. The lowest BCUT2D eigenvalue weighted by Crippen LogP contribution is -2.55. The molecule has 1 atom stereocenters. The zero-order valence-corrected chi connectivity index (χ0v) is 11.8. The summed E-state index contributed by atoms with van der Waals surface area (Å²) in [5.74, 6) is -1.18. The number of ether oxygens (including phenoxy) is 1. The summed E-state index contributed by atoms with van der Waals surface area (Å²) in [4.78, 5) is 26.0. The summed E-state index contributed by atoms with van der Waals surface area (Å²) in [5.41, 5.74) is 5.93. The van der Waals surface area contributed by atoms with E-state index in [1.165, 1.54) is 17.0 Å². The molecule has 2 amide bonds. The van der Waals surface area contributed by atoms with Gasteiger partial charge in [0.1, 0.15) is 11.9 Å². The minimum Gasteiger partial charge on any atom is -0.398 e. The summed E-state index contributed by atoms with van der Waals surface area (Å²) in [7, 11) is 0. The average molecular weight is 295 g/mol. The van der Waals surface area contributed by atoms with Crippen LogP contribution in [0, 0.1) is 5.82 Å². The van der Waals surface area contributed by atoms with Crippen LogP contribution in [0.15, 0.2) is 18.2 Å². The Bertz CT molecular complexity index is 550. The maximum Gasteiger partial charge on any atom is 0.256 e. The average Bonchev–Trinajstić information content (AvgIpc) is 2.47. The van der Waals surface area contributed by atoms with Gasteiger partial charge < -0.3 is 20.7 Å². The lowest BCUT2D eigenvalue weighted by atomic mass is 10.1. The molecule has 3 N–H and O–H groups in total. The van der Waals surface area contributed by atoms with Crippen molar-refractivity contribution in [3.63, 3.8) is 0 Å². The molecule has 1 fully saturated rings. The van der Waals surface area contributed by atoms with E-state index in [9.17, 15) is 14.0 Å². The van der Waals surface area contributed by atoms with Gasteiger partial charge >= 0.3 is 0 Å². The normalized spacial score (nSPS) is 18.4. The Morgan fingerprint density at radius 1 is 1.52 bits per heavy atom. The van der Waals surface area contributed by atoms with E-state index in [-0.39, 0.29) is 30.3 Å². The van der Waals surface area contributed by atoms with Crippen molar-refractivity contribution in [1.29, 1.82) is 0 Å². The van der Waals surface area contributed by atoms with Crippen molar-refractivity contribution < 1.29 is 18.7 Å². The maximum atomic E-state index is 13.1. The number of nitrogens with zero attached hydrogens (tertiary/aromatic N) is 1. The number of halogens is 1. The number of nitrogens with two attached hydrogens (primary N) is 1. The molecule has 0 saturated carbocycles. The third-order valence-electron chi connectivity index (χ3n) is 3.29. The topological polar surface area (TPSA) is 84.7 Å². The smallest absolute Gasteiger partial charge is 0.256 e. The molecule has 2 rings (SSSR count). The Morgan fingerprint density at radius 2 is 2.29 bits per heavy atom. The monoisotopic (exact) mass is 295 g/mol. The van der Waals surface area contributed by atoms with Gasteiger partial charge in [-0.25, -0.2) is 4.39 Å². The summed E-state index contributed by atoms with van der Waals surface area (Å²) < 4.78 is 18.3. The quantitative estimate of drug-likeness (QED) is 0.790. The fourth-order valence-corrected chi connectivity index (χ4v) is 2.24. The van der Waals surface area contributed by atoms with Gasteiger partial charge in [-0.2, -0.15) is 0 Å². The lowest BCUT2D eigenvalue weighted by Gasteiger charge is -2.34. The number of anilines is 1. The Morgan fingerprint density at radius 3 is 2.95 bits per heavy atom. The van der Waals surface area contributed by atoms with Crippen molar-refractivity contribution in [2.75, 3.05) is 32.0 Å². The van der Waals surface area contributed by atoms with Crippen LogP contribution in [0.4, 0.5) is 10.1 Å². The number of nitrogen functional groups attached to an aromatic ring is 1. The van der Waals surface area contributed by atoms with Crippen molar-refractivity contribution in [2.45, 2.75) is 13.0 Å². The molecule has 1 heterocycles. The zero-order valence-electron chi connectivity index (χ0n) is 11.8. The molecule has 1 aliphatic heterocycles. The van der Waals surface area contributed by atoms with E-state index in [1.807, 2.05) is 0 Å². The second-order valence-corrected chi connectivity index (χ2v) is 4.72. The molecule has 114 valence electrons. The van der Waals surface area contributed by atoms with Crippen LogP contribution in [-0.2, 0) is 9.53 Å². The fraction of sp³-hybridized carbons (Fsp3) is 0.429. The van der Waals surface area contributed by atoms with Crippen LogP contribution in [0.25, 0.3) is 0 Å². The zero-order chi connectivity index (χ0) is 15.4. The molecule has 0 radical (unpaired) electrons. The summed E-state index contributed by atoms with van der Waals surface area (Å²) in [6.45, 7) is 3.04. The van der Waals surface area contributed by atoms with Crippen LogP contribution in [0.2, 0.25) is 0 Å². The van der Waals surface area contributed by atoms with Gasteiger partial charge in [0.05, 0.1) is 18.8 Å². The van der Waals surface area contributed by atoms with Gasteiger partial charge in [-0.05, 0) is 25.1 Å². The lowest BCUT2D eigenvalue weighted by molar-refractivity contribution is -0.130. The van der Waals surface area contributed by atoms with Crippen molar-refractivity contribution >= 4 is 17.5 Å². The molecule has 21 heavy (non-hydrogen) atoms. The van der Waals surface area contributed by atoms with Gasteiger partial charge in [0.25, 0.3) is 5.91 Å². The van der Waals surface area contributed by atoms with Crippen LogP contribution >= 0.6 is 0 Å². The van der Waals surface area contributed by atoms with E-state index in [4.69, 9.17) is 10.5 Å². The molecule has 1 aromatic rings. The molecule has 1 aliphatic rings. The third-order valence-corrected chi connectivity index (χ3v) is 3.29. The summed E-state index contributed by atoms with van der Waals surface area (Å²) in [6.07, 6.45) is 0. The highest BCUT2D eigenvalue weighted by Crippen LogP contribution is 2.19. The standard InChI is InChI=1S/C14H18FN3O3/c1-2-17-13(19)12-8-21-6-5-18(12)14(20)10-4-3-9(15)7-11(10)16/h3-4,7,12H,2,5-6,8,16H2,1H3,(H,17,19). The SMILES string of the molecule is CCNC(=O)C1COCCN1C(=O)c1ccc(F)cc1N. The van der Waals surface area contributed by atoms with Gasteiger partial charge in [0.15, 0.2) is 0 Å². The number of morpholine rings is 1. The molecule has 0 bridgehead atoms. The highest BCUT2D eigenvalue weighted by molar-refractivity contribution is 6.01. The first kappa shape index (κ1) is 15.2. The van der Waals surface area contributed by atoms with Gasteiger partial charge in [-0.1, -0.05) is 0 Å². The van der Waals surface area contributed by atoms with Gasteiger partial charge in [0.2, 0.25) is 5.91 Å². The minimum absolute atomic E-state index is 0.0566. The first-order valence-electron chi connectivity index (χ1n) is 6.76. The molecule has 7 heteroatoms. The number of nitrogens with one attached hydrogen (secondary N) is 1. The van der Waals surface area contributed by atoms with Crippen LogP contribution < -0.4 is 11.1 Å². The molecular weight excluding hydrogens is 277 g/mol. The van der Waals surface area contributed by atoms with E-state index in [0.717, 1.165) is 6.07 Å². The molecule has 0 aromatic heterocycles. The predicted molar refractivity (Wildman–Crippen MR) is 75.1 cm³/mol. The Hall–Kier alpha value is -2.15. The van der Waals surface area contributed by atoms with E-state index in [2.05, 4.69) is 5.32 Å². The van der Waals surface area contributed by atoms with Crippen LogP contribution in [0.3, 0.4) is 0 Å². The Kier molecular flexibility index (Phi) is 4.74. The van der Waals surface area contributed by atoms with Crippen molar-refractivity contribution in [2.24, 2.45) is 0 Å². The van der Waals surface area contributed by atoms with Crippen molar-refractivity contribution in [3.8, 4) is 0 Å². The molecule has 1 unspecified atom stereocenters. The number of rotatable bonds is 3. The van der Waals surface area contributed by atoms with Gasteiger partial charge in [-0.3, -0.25) is 9.59 Å². The summed E-state index contributed by atoms with van der Waals surface area (Å²) >= 11 is 0. The Labute approximate surface area is 122 Å². The largest absolute Gasteiger partial charge is 0.398 e. The predicted octanol–water partition coefficient (Wildman–Crippen LogP) is 0.385. The number of carbonyl (C=O) groups is 2. The minimum atomic E-state index is -0.698. The number of hydrogen-bond donors (Lipinski definition) is 2. The summed E-state index contributed by atoms with van der Waals surface area (Å²) in [6, 6.07) is 2.90. The van der Waals surface area contributed by atoms with E-state index in [1.54, 1.807) is 6.92 Å². The molecule has 0 aliphatic carbocycles. The number of benzene rings is 1. The maximum absolute atomic E-state index is 13.1. The number of amides is 2. The highest BCUT2D eigenvalue weighted by Gasteiger charge is 2.33. The van der Waals surface area contributed by atoms with Crippen LogP contribution in [0.5, 0.6) is 0 Å². The third kappa shape index (κ3) is 3.30. The van der Waals surface area contributed by atoms with Gasteiger partial charge in [0, 0.05) is 18.8 Å². The molecule has 1 saturated heterocycles. The highest BCUT2D eigenvalue weighted by atomic mass is 19.1. The first-order chi connectivity index (χ1) is 10.0. The van der Waals surface area contributed by atoms with Crippen molar-refractivity contribution in [3.05, 3.63) is 29.6 Å². The molecule has 6 nitrogen and oxygen atoms in total. The number of likely N-dealkylation sites (N-methyl/N-ethyl adjacent to an activating group) is 1. The van der Waals surface area contributed by atoms with E-state index < -0.39 is 17.8 Å². The number of carbonyl (C=O) groups excluding carboxylic acids is 2. The summed E-state index contributed by atoms with van der Waals surface area (Å²) in [5, 5.41) is 2.67. The molecular formula is C14H18FN3O3. The van der Waals surface area contributed by atoms with E-state index >= 15 is 0 Å². The first-order valence-corrected chi connectivity index (χ1v) is 6.76. The molecule has 1 aromatic carbocycles. The Balaban J connectivity index is 2.24. The molecule has 0 spiro atoms. The van der Waals surface area contributed by atoms with E-state index in [0.29, 0.717) is 13.2 Å². The number of hydrogen-bond acceptors (Lipinski definition) is 4. The fourth-order valence-electron chi connectivity index (χ4n) is 2.24. The van der Waals surface area contributed by atoms with Crippen LogP contribution in [0.1, 0.15) is 17.3 Å². The van der Waals surface area contributed by atoms with Crippen molar-refractivity contribution in [1.82, 2.24) is 10.2 Å². The van der Waals surface area contributed by atoms with Crippen LogP contribution in [-0.4, -0.2) is 49.1 Å².